The van der Waals surface area contributed by atoms with Crippen LogP contribution < -0.4 is 21.3 Å². The summed E-state index contributed by atoms with van der Waals surface area (Å²) < 4.78 is 0. The Morgan fingerprint density at radius 2 is 0.823 bits per heavy atom. The molecule has 0 heterocycles. The third kappa shape index (κ3) is 12.0. The summed E-state index contributed by atoms with van der Waals surface area (Å²) in [7, 11) is 0. The number of nitrogens with one attached hydrogen (secondary N) is 4. The monoisotopic (exact) mass is 954 g/mol. The van der Waals surface area contributed by atoms with Crippen molar-refractivity contribution in [1.82, 2.24) is 0 Å². The van der Waals surface area contributed by atoms with Gasteiger partial charge in [0.1, 0.15) is 11.4 Å². The lowest BCUT2D eigenvalue weighted by atomic mass is 10.0. The molecule has 5 aromatic carbocycles. The van der Waals surface area contributed by atoms with Gasteiger partial charge in [0.05, 0.1) is 21.2 Å². The first-order valence-electron chi connectivity index (χ1n) is 18.0. The molecule has 0 aliphatic heterocycles. The zero-order valence-corrected chi connectivity index (χ0v) is 37.3. The number of ketones is 2. The van der Waals surface area contributed by atoms with Gasteiger partial charge in [0.25, 0.3) is 23.6 Å². The molecule has 0 aromatic heterocycles. The number of halogens is 6. The third-order valence-corrected chi connectivity index (χ3v) is 10.5. The first-order valence-corrected chi connectivity index (χ1v) is 20.3. The molecule has 0 fully saturated rings. The molecule has 0 spiro atoms. The van der Waals surface area contributed by atoms with Crippen LogP contribution in [-0.2, 0) is 19.2 Å². The minimum Gasteiger partial charge on any atom is -0.324 e. The summed E-state index contributed by atoms with van der Waals surface area (Å²) in [5, 5.41) is 27.6. The van der Waals surface area contributed by atoms with Crippen LogP contribution in [0.1, 0.15) is 45.7 Å². The molecule has 14 nitrogen and oxygen atoms in total. The highest BCUT2D eigenvalue weighted by atomic mass is 35.5. The molecule has 5 rings (SSSR count). The standard InChI is InChI=1S/C42H32Cl6N8O6/c1-19-20(2)32(52-42(62)38(22(4)58)56-54-34-10-6-8-30(36(34)48)40(60)50-28-17-25(45)14-26(46)18-28)12-11-31(19)51-41(61)37(21(3)57)55-53-33-9-5-7-29(35(33)47)39(59)49-27-15-23(43)13-24(44)16-27/h5-18,37-38H,1-4H3,(H,49,59)(H,50,60)(H,51,61)(H,52,62). The number of anilines is 4. The lowest BCUT2D eigenvalue weighted by Crippen LogP contribution is -2.33. The van der Waals surface area contributed by atoms with Crippen molar-refractivity contribution in [2.75, 3.05) is 21.3 Å². The SMILES string of the molecule is CC(=O)C(N=Nc1cccc(C(=O)Nc2cc(Cl)cc(Cl)c2)c1Cl)C(=O)Nc1ccc(NC(=O)C(N=Nc2cccc(C(=O)Nc3cc(Cl)cc(Cl)c3)c2Cl)C(C)=O)c(C)c1C. The summed E-state index contributed by atoms with van der Waals surface area (Å²) in [5.74, 6) is -4.14. The molecular weight excluding hydrogens is 925 g/mol. The zero-order valence-electron chi connectivity index (χ0n) is 32.7. The van der Waals surface area contributed by atoms with Gasteiger partial charge in [0.2, 0.25) is 12.1 Å². The van der Waals surface area contributed by atoms with Crippen LogP contribution in [0.15, 0.2) is 105 Å². The molecule has 0 saturated heterocycles. The van der Waals surface area contributed by atoms with Gasteiger partial charge in [-0.3, -0.25) is 28.8 Å². The number of nitrogens with zero attached hydrogens (tertiary/aromatic N) is 4. The topological polar surface area (TPSA) is 200 Å². The number of Topliss-reactive ketones (excluding diaryl/α,β-unsaturated/α-hetero) is 2. The number of rotatable bonds is 14. The first kappa shape index (κ1) is 47.3. The molecule has 0 radical (unpaired) electrons. The number of hydrogen-bond acceptors (Lipinski definition) is 10. The van der Waals surface area contributed by atoms with E-state index in [0.29, 0.717) is 42.6 Å². The second-order valence-corrected chi connectivity index (χ2v) is 15.9. The molecule has 2 atom stereocenters. The van der Waals surface area contributed by atoms with Crippen LogP contribution in [-0.4, -0.2) is 47.3 Å². The van der Waals surface area contributed by atoms with E-state index < -0.39 is 47.3 Å². The van der Waals surface area contributed by atoms with Crippen LogP contribution in [0.5, 0.6) is 0 Å². The van der Waals surface area contributed by atoms with Crippen molar-refractivity contribution in [3.8, 4) is 0 Å². The molecule has 0 bridgehead atoms. The second-order valence-electron chi connectivity index (χ2n) is 13.3. The van der Waals surface area contributed by atoms with Crippen LogP contribution in [0.2, 0.25) is 30.1 Å². The fourth-order valence-corrected chi connectivity index (χ4v) is 7.12. The van der Waals surface area contributed by atoms with E-state index in [2.05, 4.69) is 41.7 Å². The van der Waals surface area contributed by atoms with Crippen molar-refractivity contribution < 1.29 is 28.8 Å². The predicted octanol–water partition coefficient (Wildman–Crippen LogP) is 12.1. The third-order valence-electron chi connectivity index (χ3n) is 8.82. The van der Waals surface area contributed by atoms with Crippen LogP contribution >= 0.6 is 69.6 Å². The molecule has 5 aromatic rings. The van der Waals surface area contributed by atoms with E-state index in [9.17, 15) is 28.8 Å². The molecule has 62 heavy (non-hydrogen) atoms. The van der Waals surface area contributed by atoms with E-state index in [0.717, 1.165) is 13.8 Å². The Morgan fingerprint density at radius 1 is 0.484 bits per heavy atom. The van der Waals surface area contributed by atoms with Crippen molar-refractivity contribution in [3.63, 3.8) is 0 Å². The van der Waals surface area contributed by atoms with Crippen LogP contribution in [0, 0.1) is 13.8 Å². The molecule has 0 aliphatic rings. The highest BCUT2D eigenvalue weighted by Gasteiger charge is 2.27. The van der Waals surface area contributed by atoms with Crippen molar-refractivity contribution in [2.45, 2.75) is 39.8 Å². The first-order chi connectivity index (χ1) is 29.3. The fourth-order valence-electron chi connectivity index (χ4n) is 5.56. The van der Waals surface area contributed by atoms with Gasteiger partial charge in [-0.05, 0) is 112 Å². The summed E-state index contributed by atoms with van der Waals surface area (Å²) in [5.41, 5.74) is 2.29. The lowest BCUT2D eigenvalue weighted by molar-refractivity contribution is -0.127. The van der Waals surface area contributed by atoms with Crippen LogP contribution in [0.25, 0.3) is 0 Å². The largest absolute Gasteiger partial charge is 0.324 e. The maximum atomic E-state index is 13.4. The minimum absolute atomic E-state index is 0.0121. The van der Waals surface area contributed by atoms with Gasteiger partial charge in [-0.1, -0.05) is 81.7 Å². The fraction of sp³-hybridized carbons (Fsp3) is 0.143. The van der Waals surface area contributed by atoms with E-state index in [4.69, 9.17) is 69.6 Å². The number of hydrogen-bond donors (Lipinski definition) is 4. The number of azo groups is 2. The van der Waals surface area contributed by atoms with E-state index in [1.165, 1.54) is 84.9 Å². The maximum Gasteiger partial charge on any atom is 0.258 e. The van der Waals surface area contributed by atoms with E-state index in [-0.39, 0.29) is 43.9 Å². The quantitative estimate of drug-likeness (QED) is 0.0630. The van der Waals surface area contributed by atoms with Gasteiger partial charge in [0.15, 0.2) is 11.6 Å². The van der Waals surface area contributed by atoms with Crippen molar-refractivity contribution in [3.05, 3.63) is 137 Å². The lowest BCUT2D eigenvalue weighted by Gasteiger charge is -2.17. The van der Waals surface area contributed by atoms with E-state index >= 15 is 0 Å². The average Bonchev–Trinajstić information content (AvgIpc) is 3.18. The van der Waals surface area contributed by atoms with Gasteiger partial charge < -0.3 is 21.3 Å². The maximum absolute atomic E-state index is 13.4. The van der Waals surface area contributed by atoms with E-state index in [1.807, 2.05) is 0 Å². The molecular formula is C42H32Cl6N8O6. The molecule has 318 valence electrons. The highest BCUT2D eigenvalue weighted by Crippen LogP contribution is 2.33. The summed E-state index contributed by atoms with van der Waals surface area (Å²) in [6.45, 7) is 5.63. The van der Waals surface area contributed by atoms with Crippen LogP contribution in [0.4, 0.5) is 34.1 Å². The van der Waals surface area contributed by atoms with Gasteiger partial charge in [-0.15, -0.1) is 0 Å². The Morgan fingerprint density at radius 3 is 1.15 bits per heavy atom. The number of carbonyl (C=O) groups excluding carboxylic acids is 6. The summed E-state index contributed by atoms with van der Waals surface area (Å²) >= 11 is 37.1. The van der Waals surface area contributed by atoms with Gasteiger partial charge in [-0.2, -0.15) is 20.5 Å². The summed E-state index contributed by atoms with van der Waals surface area (Å²) in [4.78, 5) is 78.0. The summed E-state index contributed by atoms with van der Waals surface area (Å²) in [6, 6.07) is 17.5. The van der Waals surface area contributed by atoms with E-state index in [1.54, 1.807) is 13.8 Å². The summed E-state index contributed by atoms with van der Waals surface area (Å²) in [6.07, 6.45) is 0. The molecule has 4 amide bonds. The molecule has 0 aliphatic carbocycles. The van der Waals surface area contributed by atoms with Crippen LogP contribution in [0.3, 0.4) is 0 Å². The van der Waals surface area contributed by atoms with Gasteiger partial charge in [0, 0.05) is 42.8 Å². The Kier molecular flexibility index (Phi) is 15.9. The zero-order chi connectivity index (χ0) is 45.4. The Labute approximate surface area is 384 Å². The molecule has 4 N–H and O–H groups in total. The number of carbonyl (C=O) groups is 6. The normalized spacial score (nSPS) is 12.2. The predicted molar refractivity (Wildman–Crippen MR) is 243 cm³/mol. The molecule has 20 heteroatoms. The highest BCUT2D eigenvalue weighted by molar-refractivity contribution is 6.38. The molecule has 0 saturated carbocycles. The smallest absolute Gasteiger partial charge is 0.258 e. The van der Waals surface area contributed by atoms with Gasteiger partial charge >= 0.3 is 0 Å². The number of benzene rings is 5. The van der Waals surface area contributed by atoms with Gasteiger partial charge in [-0.25, -0.2) is 0 Å². The van der Waals surface area contributed by atoms with Crippen molar-refractivity contribution >= 4 is 139 Å². The Bertz CT molecular complexity index is 2490. The minimum atomic E-state index is -1.61. The Balaban J connectivity index is 1.27. The van der Waals surface area contributed by atoms with Crippen molar-refractivity contribution in [2.24, 2.45) is 20.5 Å². The number of amides is 4. The Hall–Kier alpha value is -5.74. The average molecular weight is 957 g/mol. The molecule has 2 unspecified atom stereocenters. The van der Waals surface area contributed by atoms with Crippen molar-refractivity contribution in [1.29, 1.82) is 0 Å². The second kappa shape index (κ2) is 20.9.